The SMILES string of the molecule is COc1cccc(NC(=O)Cc2cnc(-n3cccc3)s2)c1. The van der Waals surface area contributed by atoms with E-state index in [2.05, 4.69) is 10.3 Å². The van der Waals surface area contributed by atoms with Crippen molar-refractivity contribution in [3.05, 3.63) is 59.9 Å². The Bertz CT molecular complexity index is 765. The van der Waals surface area contributed by atoms with Crippen molar-refractivity contribution in [1.82, 2.24) is 9.55 Å². The third-order valence-corrected chi connectivity index (χ3v) is 4.07. The van der Waals surface area contributed by atoms with E-state index >= 15 is 0 Å². The number of benzene rings is 1. The smallest absolute Gasteiger partial charge is 0.229 e. The van der Waals surface area contributed by atoms with Crippen molar-refractivity contribution in [2.45, 2.75) is 6.42 Å². The first-order chi connectivity index (χ1) is 10.7. The van der Waals surface area contributed by atoms with Gasteiger partial charge in [0.2, 0.25) is 5.91 Å². The molecule has 1 aromatic carbocycles. The van der Waals surface area contributed by atoms with Gasteiger partial charge >= 0.3 is 0 Å². The van der Waals surface area contributed by atoms with Gasteiger partial charge in [0.25, 0.3) is 0 Å². The van der Waals surface area contributed by atoms with E-state index in [0.717, 1.165) is 15.7 Å². The maximum Gasteiger partial charge on any atom is 0.229 e. The number of carbonyl (C=O) groups excluding carboxylic acids is 1. The average molecular weight is 313 g/mol. The number of amides is 1. The highest BCUT2D eigenvalue weighted by molar-refractivity contribution is 7.14. The zero-order valence-corrected chi connectivity index (χ0v) is 12.8. The van der Waals surface area contributed by atoms with Gasteiger partial charge in [0.1, 0.15) is 5.75 Å². The number of rotatable bonds is 5. The van der Waals surface area contributed by atoms with Gasteiger partial charge < -0.3 is 14.6 Å². The first kappa shape index (κ1) is 14.3. The highest BCUT2D eigenvalue weighted by atomic mass is 32.1. The van der Waals surface area contributed by atoms with Gasteiger partial charge in [-0.05, 0) is 24.3 Å². The third kappa shape index (κ3) is 3.35. The molecule has 3 rings (SSSR count). The first-order valence-electron chi connectivity index (χ1n) is 6.76. The average Bonchev–Trinajstić information content (AvgIpc) is 3.18. The molecule has 0 saturated heterocycles. The largest absolute Gasteiger partial charge is 0.497 e. The lowest BCUT2D eigenvalue weighted by atomic mass is 10.3. The van der Waals surface area contributed by atoms with Crippen LogP contribution < -0.4 is 10.1 Å². The normalized spacial score (nSPS) is 10.4. The Morgan fingerprint density at radius 3 is 2.91 bits per heavy atom. The number of carbonyl (C=O) groups is 1. The van der Waals surface area contributed by atoms with Crippen LogP contribution in [0, 0.1) is 0 Å². The molecule has 0 spiro atoms. The number of anilines is 1. The fourth-order valence-corrected chi connectivity index (χ4v) is 2.90. The predicted octanol–water partition coefficient (Wildman–Crippen LogP) is 3.12. The summed E-state index contributed by atoms with van der Waals surface area (Å²) in [6, 6.07) is 11.2. The third-order valence-electron chi connectivity index (χ3n) is 3.05. The molecule has 0 aliphatic rings. The Hall–Kier alpha value is -2.60. The Balaban J connectivity index is 1.64. The molecule has 1 N–H and O–H groups in total. The molecule has 3 aromatic rings. The Labute approximate surface area is 132 Å². The summed E-state index contributed by atoms with van der Waals surface area (Å²) < 4.78 is 7.06. The molecule has 0 unspecified atom stereocenters. The van der Waals surface area contributed by atoms with Gasteiger partial charge in [0.15, 0.2) is 5.13 Å². The second kappa shape index (κ2) is 6.44. The molecule has 0 radical (unpaired) electrons. The quantitative estimate of drug-likeness (QED) is 0.787. The molecule has 2 heterocycles. The van der Waals surface area contributed by atoms with Crippen LogP contribution in [0.3, 0.4) is 0 Å². The van der Waals surface area contributed by atoms with E-state index in [1.807, 2.05) is 47.3 Å². The summed E-state index contributed by atoms with van der Waals surface area (Å²) in [4.78, 5) is 17.3. The Morgan fingerprint density at radius 2 is 2.14 bits per heavy atom. The van der Waals surface area contributed by atoms with Gasteiger partial charge in [-0.15, -0.1) is 11.3 Å². The molecule has 0 aliphatic heterocycles. The number of nitrogens with one attached hydrogen (secondary N) is 1. The number of hydrogen-bond donors (Lipinski definition) is 1. The van der Waals surface area contributed by atoms with Crippen LogP contribution in [0.4, 0.5) is 5.69 Å². The fraction of sp³-hybridized carbons (Fsp3) is 0.125. The lowest BCUT2D eigenvalue weighted by molar-refractivity contribution is -0.115. The summed E-state index contributed by atoms with van der Waals surface area (Å²) in [5.41, 5.74) is 0.722. The standard InChI is InChI=1S/C16H15N3O2S/c1-21-13-6-4-5-12(9-13)18-15(20)10-14-11-17-16(22-14)19-7-2-3-8-19/h2-9,11H,10H2,1H3,(H,18,20). The Kier molecular flexibility index (Phi) is 4.20. The predicted molar refractivity (Wildman–Crippen MR) is 86.8 cm³/mol. The number of ether oxygens (including phenoxy) is 1. The molecule has 22 heavy (non-hydrogen) atoms. The van der Waals surface area contributed by atoms with Crippen molar-refractivity contribution in [3.63, 3.8) is 0 Å². The summed E-state index contributed by atoms with van der Waals surface area (Å²) in [5.74, 6) is 0.640. The van der Waals surface area contributed by atoms with Gasteiger partial charge in [-0.3, -0.25) is 4.79 Å². The molecule has 0 atom stereocenters. The summed E-state index contributed by atoms with van der Waals surface area (Å²) in [6.07, 6.45) is 5.90. The molecule has 0 saturated carbocycles. The summed E-state index contributed by atoms with van der Waals surface area (Å²) >= 11 is 1.50. The van der Waals surface area contributed by atoms with Crippen molar-refractivity contribution in [2.24, 2.45) is 0 Å². The second-order valence-corrected chi connectivity index (χ2v) is 5.75. The van der Waals surface area contributed by atoms with E-state index in [9.17, 15) is 4.79 Å². The van der Waals surface area contributed by atoms with Crippen LogP contribution in [0.15, 0.2) is 55.0 Å². The summed E-state index contributed by atoms with van der Waals surface area (Å²) in [5, 5.41) is 3.72. The van der Waals surface area contributed by atoms with Gasteiger partial charge in [0, 0.05) is 35.2 Å². The molecule has 6 heteroatoms. The highest BCUT2D eigenvalue weighted by Gasteiger charge is 2.09. The monoisotopic (exact) mass is 313 g/mol. The zero-order valence-electron chi connectivity index (χ0n) is 12.0. The number of thiazole rings is 1. The number of hydrogen-bond acceptors (Lipinski definition) is 4. The van der Waals surface area contributed by atoms with Crippen molar-refractivity contribution >= 4 is 22.9 Å². The molecule has 5 nitrogen and oxygen atoms in total. The second-order valence-electron chi connectivity index (χ2n) is 4.66. The van der Waals surface area contributed by atoms with Crippen LogP contribution in [0.25, 0.3) is 5.13 Å². The number of nitrogens with zero attached hydrogens (tertiary/aromatic N) is 2. The molecular formula is C16H15N3O2S. The van der Waals surface area contributed by atoms with Gasteiger partial charge in [-0.2, -0.15) is 0 Å². The van der Waals surface area contributed by atoms with E-state index in [0.29, 0.717) is 12.2 Å². The van der Waals surface area contributed by atoms with Crippen LogP contribution >= 0.6 is 11.3 Å². The lowest BCUT2D eigenvalue weighted by Gasteiger charge is -2.06. The first-order valence-corrected chi connectivity index (χ1v) is 7.58. The van der Waals surface area contributed by atoms with Crippen molar-refractivity contribution < 1.29 is 9.53 Å². The summed E-state index contributed by atoms with van der Waals surface area (Å²) in [6.45, 7) is 0. The van der Waals surface area contributed by atoms with Crippen molar-refractivity contribution in [3.8, 4) is 10.9 Å². The molecule has 2 aromatic heterocycles. The van der Waals surface area contributed by atoms with E-state index in [1.165, 1.54) is 11.3 Å². The van der Waals surface area contributed by atoms with Crippen LogP contribution in [0.5, 0.6) is 5.75 Å². The fourth-order valence-electron chi connectivity index (χ4n) is 2.02. The van der Waals surface area contributed by atoms with E-state index in [4.69, 9.17) is 4.74 Å². The van der Waals surface area contributed by atoms with Gasteiger partial charge in [0.05, 0.1) is 13.5 Å². The van der Waals surface area contributed by atoms with Gasteiger partial charge in [-0.1, -0.05) is 6.07 Å². The zero-order chi connectivity index (χ0) is 15.4. The lowest BCUT2D eigenvalue weighted by Crippen LogP contribution is -2.13. The van der Waals surface area contributed by atoms with Crippen LogP contribution in [-0.2, 0) is 11.2 Å². The molecular weight excluding hydrogens is 298 g/mol. The minimum absolute atomic E-state index is 0.0732. The number of aromatic nitrogens is 2. The van der Waals surface area contributed by atoms with E-state index in [-0.39, 0.29) is 5.91 Å². The maximum atomic E-state index is 12.1. The van der Waals surface area contributed by atoms with Crippen LogP contribution in [0.1, 0.15) is 4.88 Å². The van der Waals surface area contributed by atoms with Gasteiger partial charge in [-0.25, -0.2) is 4.98 Å². The molecule has 0 aliphatic carbocycles. The molecule has 1 amide bonds. The van der Waals surface area contributed by atoms with Crippen molar-refractivity contribution in [1.29, 1.82) is 0 Å². The van der Waals surface area contributed by atoms with Crippen LogP contribution in [0.2, 0.25) is 0 Å². The highest BCUT2D eigenvalue weighted by Crippen LogP contribution is 2.20. The number of methoxy groups -OCH3 is 1. The van der Waals surface area contributed by atoms with Crippen molar-refractivity contribution in [2.75, 3.05) is 12.4 Å². The minimum Gasteiger partial charge on any atom is -0.497 e. The minimum atomic E-state index is -0.0732. The molecule has 112 valence electrons. The maximum absolute atomic E-state index is 12.1. The topological polar surface area (TPSA) is 56.1 Å². The molecule has 0 fully saturated rings. The molecule has 0 bridgehead atoms. The van der Waals surface area contributed by atoms with Crippen LogP contribution in [-0.4, -0.2) is 22.6 Å². The summed E-state index contributed by atoms with van der Waals surface area (Å²) in [7, 11) is 1.60. The Morgan fingerprint density at radius 1 is 1.32 bits per heavy atom. The van der Waals surface area contributed by atoms with E-state index < -0.39 is 0 Å². The van der Waals surface area contributed by atoms with E-state index in [1.54, 1.807) is 19.4 Å².